The van der Waals surface area contributed by atoms with Gasteiger partial charge in [0.1, 0.15) is 18.2 Å². The van der Waals surface area contributed by atoms with Crippen molar-refractivity contribution < 1.29 is 14.0 Å². The molecule has 0 saturated heterocycles. The van der Waals surface area contributed by atoms with Gasteiger partial charge in [-0.05, 0) is 18.2 Å². The smallest absolute Gasteiger partial charge is 0.185 e. The van der Waals surface area contributed by atoms with E-state index in [2.05, 4.69) is 20.0 Å². The summed E-state index contributed by atoms with van der Waals surface area (Å²) < 4.78 is 18.3. The van der Waals surface area contributed by atoms with Gasteiger partial charge in [-0.2, -0.15) is 5.10 Å². The fourth-order valence-corrected chi connectivity index (χ4v) is 1.41. The second-order valence-electron chi connectivity index (χ2n) is 3.26. The van der Waals surface area contributed by atoms with E-state index in [-0.39, 0.29) is 12.4 Å². The van der Waals surface area contributed by atoms with Crippen molar-refractivity contribution in [1.82, 2.24) is 15.2 Å². The van der Waals surface area contributed by atoms with Crippen LogP contribution in [-0.2, 0) is 11.4 Å². The Hall–Kier alpha value is -1.99. The standard InChI is InChI=1S/C10H11FN4O2/c1-16-8-3-2-6(11)4-7(8)10-13-9(5-17-12)14-15-10/h2-4H,5,12H2,1H3,(H,13,14,15). The largest absolute Gasteiger partial charge is 0.496 e. The molecule has 0 bridgehead atoms. The van der Waals surface area contributed by atoms with Crippen molar-refractivity contribution in [3.8, 4) is 17.1 Å². The molecule has 17 heavy (non-hydrogen) atoms. The summed E-state index contributed by atoms with van der Waals surface area (Å²) in [6.07, 6.45) is 0. The van der Waals surface area contributed by atoms with Crippen LogP contribution in [0.5, 0.6) is 5.75 Å². The number of aromatic amines is 1. The quantitative estimate of drug-likeness (QED) is 0.776. The van der Waals surface area contributed by atoms with Crippen LogP contribution in [0.25, 0.3) is 11.4 Å². The lowest BCUT2D eigenvalue weighted by Gasteiger charge is -2.04. The molecule has 0 radical (unpaired) electrons. The Labute approximate surface area is 96.5 Å². The molecule has 0 aliphatic rings. The van der Waals surface area contributed by atoms with Crippen LogP contribution in [0.3, 0.4) is 0 Å². The van der Waals surface area contributed by atoms with Gasteiger partial charge in [-0.25, -0.2) is 15.3 Å². The van der Waals surface area contributed by atoms with Crippen LogP contribution in [0.15, 0.2) is 18.2 Å². The van der Waals surface area contributed by atoms with Crippen molar-refractivity contribution in [1.29, 1.82) is 0 Å². The number of aromatic nitrogens is 3. The van der Waals surface area contributed by atoms with Crippen LogP contribution in [0.4, 0.5) is 4.39 Å². The van der Waals surface area contributed by atoms with Gasteiger partial charge in [0.15, 0.2) is 11.6 Å². The summed E-state index contributed by atoms with van der Waals surface area (Å²) in [5.74, 6) is 5.80. The summed E-state index contributed by atoms with van der Waals surface area (Å²) in [7, 11) is 1.49. The first kappa shape index (κ1) is 11.5. The lowest BCUT2D eigenvalue weighted by Crippen LogP contribution is -2.00. The van der Waals surface area contributed by atoms with E-state index >= 15 is 0 Å². The number of ether oxygens (including phenoxy) is 1. The van der Waals surface area contributed by atoms with Crippen LogP contribution in [-0.4, -0.2) is 22.3 Å². The third kappa shape index (κ3) is 2.40. The maximum absolute atomic E-state index is 13.2. The normalized spacial score (nSPS) is 10.5. The van der Waals surface area contributed by atoms with E-state index in [1.807, 2.05) is 0 Å². The fourth-order valence-electron chi connectivity index (χ4n) is 1.41. The molecular formula is C10H11FN4O2. The van der Waals surface area contributed by atoms with Gasteiger partial charge in [0.2, 0.25) is 0 Å². The zero-order valence-electron chi connectivity index (χ0n) is 9.11. The summed E-state index contributed by atoms with van der Waals surface area (Å²) >= 11 is 0. The molecule has 0 fully saturated rings. The number of nitrogens with one attached hydrogen (secondary N) is 1. The molecule has 6 nitrogen and oxygen atoms in total. The lowest BCUT2D eigenvalue weighted by atomic mass is 10.2. The molecule has 0 aliphatic heterocycles. The first-order valence-electron chi connectivity index (χ1n) is 4.81. The van der Waals surface area contributed by atoms with Crippen molar-refractivity contribution in [2.24, 2.45) is 5.90 Å². The molecule has 0 spiro atoms. The van der Waals surface area contributed by atoms with Crippen LogP contribution in [0.2, 0.25) is 0 Å². The third-order valence-electron chi connectivity index (χ3n) is 2.15. The molecule has 0 unspecified atom stereocenters. The maximum Gasteiger partial charge on any atom is 0.185 e. The number of halogens is 1. The number of rotatable bonds is 4. The molecule has 0 atom stereocenters. The van der Waals surface area contributed by atoms with E-state index < -0.39 is 0 Å². The van der Waals surface area contributed by atoms with Crippen LogP contribution >= 0.6 is 0 Å². The van der Waals surface area contributed by atoms with E-state index in [1.165, 1.54) is 25.3 Å². The molecule has 0 amide bonds. The Morgan fingerprint density at radius 1 is 1.47 bits per heavy atom. The summed E-state index contributed by atoms with van der Waals surface area (Å²) in [6.45, 7) is 0.102. The van der Waals surface area contributed by atoms with E-state index in [0.717, 1.165) is 0 Å². The highest BCUT2D eigenvalue weighted by Gasteiger charge is 2.12. The van der Waals surface area contributed by atoms with Crippen molar-refractivity contribution >= 4 is 0 Å². The topological polar surface area (TPSA) is 86.0 Å². The molecule has 1 heterocycles. The lowest BCUT2D eigenvalue weighted by molar-refractivity contribution is 0.118. The van der Waals surface area contributed by atoms with Gasteiger partial charge in [0.25, 0.3) is 0 Å². The molecule has 90 valence electrons. The predicted octanol–water partition coefficient (Wildman–Crippen LogP) is 1.01. The van der Waals surface area contributed by atoms with Crippen LogP contribution < -0.4 is 10.6 Å². The van der Waals surface area contributed by atoms with E-state index in [9.17, 15) is 4.39 Å². The number of hydrogen-bond acceptors (Lipinski definition) is 5. The van der Waals surface area contributed by atoms with E-state index in [0.29, 0.717) is 23.0 Å². The molecular weight excluding hydrogens is 227 g/mol. The highest BCUT2D eigenvalue weighted by Crippen LogP contribution is 2.27. The molecule has 0 aliphatic carbocycles. The number of nitrogens with zero attached hydrogens (tertiary/aromatic N) is 2. The Balaban J connectivity index is 2.40. The zero-order valence-corrected chi connectivity index (χ0v) is 9.11. The second kappa shape index (κ2) is 4.89. The third-order valence-corrected chi connectivity index (χ3v) is 2.15. The van der Waals surface area contributed by atoms with Crippen LogP contribution in [0.1, 0.15) is 5.82 Å². The van der Waals surface area contributed by atoms with Crippen molar-refractivity contribution in [2.45, 2.75) is 6.61 Å². The minimum absolute atomic E-state index is 0.102. The van der Waals surface area contributed by atoms with Gasteiger partial charge in [0.05, 0.1) is 12.7 Å². The maximum atomic E-state index is 13.2. The SMILES string of the molecule is COc1ccc(F)cc1-c1n[nH]c(CON)n1. The molecule has 2 aromatic rings. The highest BCUT2D eigenvalue weighted by molar-refractivity contribution is 5.63. The van der Waals surface area contributed by atoms with Gasteiger partial charge >= 0.3 is 0 Å². The van der Waals surface area contributed by atoms with Crippen molar-refractivity contribution in [3.63, 3.8) is 0 Å². The molecule has 1 aromatic heterocycles. The van der Waals surface area contributed by atoms with Crippen molar-refractivity contribution in [3.05, 3.63) is 29.8 Å². The highest BCUT2D eigenvalue weighted by atomic mass is 19.1. The summed E-state index contributed by atoms with van der Waals surface area (Å²) in [5, 5.41) is 6.57. The van der Waals surface area contributed by atoms with Crippen LogP contribution in [0, 0.1) is 5.82 Å². The molecule has 1 aromatic carbocycles. The zero-order chi connectivity index (χ0) is 12.3. The second-order valence-corrected chi connectivity index (χ2v) is 3.26. The summed E-state index contributed by atoms with van der Waals surface area (Å²) in [4.78, 5) is 8.52. The number of methoxy groups -OCH3 is 1. The Morgan fingerprint density at radius 3 is 3.00 bits per heavy atom. The number of H-pyrrole nitrogens is 1. The number of nitrogens with two attached hydrogens (primary N) is 1. The molecule has 3 N–H and O–H groups in total. The monoisotopic (exact) mass is 238 g/mol. The minimum Gasteiger partial charge on any atom is -0.496 e. The fraction of sp³-hybridized carbons (Fsp3) is 0.200. The first-order chi connectivity index (χ1) is 8.24. The Bertz CT molecular complexity index is 515. The molecule has 7 heteroatoms. The van der Waals surface area contributed by atoms with Gasteiger partial charge in [-0.15, -0.1) is 0 Å². The van der Waals surface area contributed by atoms with E-state index in [4.69, 9.17) is 10.6 Å². The summed E-state index contributed by atoms with van der Waals surface area (Å²) in [5.41, 5.74) is 0.465. The number of benzene rings is 1. The average Bonchev–Trinajstić information content (AvgIpc) is 2.78. The summed E-state index contributed by atoms with van der Waals surface area (Å²) in [6, 6.07) is 4.12. The molecule has 0 saturated carbocycles. The van der Waals surface area contributed by atoms with E-state index in [1.54, 1.807) is 0 Å². The Morgan fingerprint density at radius 2 is 2.29 bits per heavy atom. The average molecular weight is 238 g/mol. The minimum atomic E-state index is -0.387. The van der Waals surface area contributed by atoms with Crippen molar-refractivity contribution in [2.75, 3.05) is 7.11 Å². The van der Waals surface area contributed by atoms with Gasteiger partial charge < -0.3 is 4.74 Å². The van der Waals surface area contributed by atoms with Gasteiger partial charge in [-0.1, -0.05) is 0 Å². The Kier molecular flexibility index (Phi) is 3.31. The van der Waals surface area contributed by atoms with Gasteiger partial charge in [0, 0.05) is 0 Å². The molecule has 2 rings (SSSR count). The number of hydrogen-bond donors (Lipinski definition) is 2. The first-order valence-corrected chi connectivity index (χ1v) is 4.81. The van der Waals surface area contributed by atoms with Gasteiger partial charge in [-0.3, -0.25) is 9.94 Å². The predicted molar refractivity (Wildman–Crippen MR) is 57.3 cm³/mol.